The summed E-state index contributed by atoms with van der Waals surface area (Å²) in [5.41, 5.74) is 0.640. The van der Waals surface area contributed by atoms with E-state index in [-0.39, 0.29) is 11.7 Å². The van der Waals surface area contributed by atoms with Crippen LogP contribution in [0.4, 0.5) is 16.2 Å². The van der Waals surface area contributed by atoms with Gasteiger partial charge in [-0.2, -0.15) is 10.1 Å². The average molecular weight is 396 g/mol. The van der Waals surface area contributed by atoms with E-state index in [0.717, 1.165) is 0 Å². The zero-order valence-electron chi connectivity index (χ0n) is 15.8. The Kier molecular flexibility index (Phi) is 5.64. The Bertz CT molecular complexity index is 957. The Morgan fingerprint density at radius 3 is 2.72 bits per heavy atom. The topological polar surface area (TPSA) is 87.4 Å². The van der Waals surface area contributed by atoms with Gasteiger partial charge in [0.15, 0.2) is 11.6 Å². The van der Waals surface area contributed by atoms with Crippen molar-refractivity contribution in [1.29, 1.82) is 0 Å². The van der Waals surface area contributed by atoms with Crippen LogP contribution in [0.1, 0.15) is 16.1 Å². The average Bonchev–Trinajstić information content (AvgIpc) is 3.30. The molecule has 4 rings (SSSR count). The van der Waals surface area contributed by atoms with Gasteiger partial charge in [0, 0.05) is 32.7 Å². The monoisotopic (exact) mass is 396 g/mol. The number of furan rings is 1. The minimum atomic E-state index is -0.218. The summed E-state index contributed by atoms with van der Waals surface area (Å²) < 4.78 is 18.9. The predicted octanol–water partition coefficient (Wildman–Crippen LogP) is 2.22. The fourth-order valence-corrected chi connectivity index (χ4v) is 3.23. The second kappa shape index (κ2) is 8.68. The van der Waals surface area contributed by atoms with Crippen LogP contribution in [0.15, 0.2) is 53.3 Å². The van der Waals surface area contributed by atoms with E-state index in [0.29, 0.717) is 62.2 Å². The molecule has 0 radical (unpaired) electrons. The maximum absolute atomic E-state index is 13.7. The first kappa shape index (κ1) is 18.9. The summed E-state index contributed by atoms with van der Waals surface area (Å²) in [4.78, 5) is 20.7. The highest BCUT2D eigenvalue weighted by molar-refractivity contribution is 5.91. The lowest BCUT2D eigenvalue weighted by molar-refractivity contribution is 0.0714. The molecule has 0 aliphatic carbocycles. The molecular formula is C20H21FN6O2. The maximum atomic E-state index is 13.7. The highest BCUT2D eigenvalue weighted by atomic mass is 19.1. The minimum Gasteiger partial charge on any atom is -0.459 e. The molecule has 3 heterocycles. The lowest BCUT2D eigenvalue weighted by Crippen LogP contribution is -2.49. The molecule has 0 atom stereocenters. The molecule has 1 N–H and O–H groups in total. The number of anilines is 2. The maximum Gasteiger partial charge on any atom is 0.289 e. The number of nitrogens with zero attached hydrogens (tertiary/aromatic N) is 5. The third kappa shape index (κ3) is 4.50. The van der Waals surface area contributed by atoms with Gasteiger partial charge in [-0.1, -0.05) is 18.2 Å². The van der Waals surface area contributed by atoms with Crippen LogP contribution < -0.4 is 10.2 Å². The Morgan fingerprint density at radius 1 is 1.14 bits per heavy atom. The van der Waals surface area contributed by atoms with E-state index in [1.165, 1.54) is 12.3 Å². The number of amides is 1. The second-order valence-electron chi connectivity index (χ2n) is 6.66. The number of carbonyl (C=O) groups is 1. The number of hydrogen-bond donors (Lipinski definition) is 1. The van der Waals surface area contributed by atoms with E-state index < -0.39 is 0 Å². The van der Waals surface area contributed by atoms with E-state index >= 15 is 0 Å². The molecule has 1 aliphatic heterocycles. The molecular weight excluding hydrogens is 375 g/mol. The van der Waals surface area contributed by atoms with E-state index in [9.17, 15) is 9.18 Å². The van der Waals surface area contributed by atoms with E-state index in [2.05, 4.69) is 25.4 Å². The van der Waals surface area contributed by atoms with Gasteiger partial charge in [0.1, 0.15) is 5.82 Å². The van der Waals surface area contributed by atoms with Crippen molar-refractivity contribution < 1.29 is 13.6 Å². The van der Waals surface area contributed by atoms with Gasteiger partial charge in [-0.15, -0.1) is 5.10 Å². The summed E-state index contributed by atoms with van der Waals surface area (Å²) in [5.74, 6) is 1.12. The SMILES string of the molecule is O=C(c1ccco1)N1CCN(c2cnnc(NCCc3ccccc3F)n2)CC1. The van der Waals surface area contributed by atoms with Gasteiger partial charge in [-0.25, -0.2) is 4.39 Å². The van der Waals surface area contributed by atoms with Crippen LogP contribution in [0.25, 0.3) is 0 Å². The minimum absolute atomic E-state index is 0.106. The van der Waals surface area contributed by atoms with Gasteiger partial charge in [-0.3, -0.25) is 4.79 Å². The highest BCUT2D eigenvalue weighted by Gasteiger charge is 2.24. The summed E-state index contributed by atoms with van der Waals surface area (Å²) >= 11 is 0. The molecule has 3 aromatic rings. The summed E-state index contributed by atoms with van der Waals surface area (Å²) in [6.07, 6.45) is 3.62. The van der Waals surface area contributed by atoms with Crippen molar-refractivity contribution in [2.45, 2.75) is 6.42 Å². The zero-order valence-corrected chi connectivity index (χ0v) is 15.8. The quantitative estimate of drug-likeness (QED) is 0.684. The van der Waals surface area contributed by atoms with Crippen LogP contribution in [0.2, 0.25) is 0 Å². The van der Waals surface area contributed by atoms with Crippen LogP contribution >= 0.6 is 0 Å². The van der Waals surface area contributed by atoms with E-state index in [4.69, 9.17) is 4.42 Å². The first-order chi connectivity index (χ1) is 14.2. The number of benzene rings is 1. The summed E-state index contributed by atoms with van der Waals surface area (Å²) in [7, 11) is 0. The summed E-state index contributed by atoms with van der Waals surface area (Å²) in [6, 6.07) is 10.1. The Morgan fingerprint density at radius 2 is 1.97 bits per heavy atom. The molecule has 150 valence electrons. The number of aromatic nitrogens is 3. The number of carbonyl (C=O) groups excluding carboxylic acids is 1. The number of halogens is 1. The van der Waals surface area contributed by atoms with E-state index in [1.54, 1.807) is 35.4 Å². The van der Waals surface area contributed by atoms with Crippen molar-refractivity contribution in [1.82, 2.24) is 20.1 Å². The molecule has 1 saturated heterocycles. The van der Waals surface area contributed by atoms with Crippen molar-refractivity contribution >= 4 is 17.7 Å². The lowest BCUT2D eigenvalue weighted by atomic mass is 10.1. The normalized spacial score (nSPS) is 14.1. The Balaban J connectivity index is 1.31. The van der Waals surface area contributed by atoms with Crippen LogP contribution in [0, 0.1) is 5.82 Å². The largest absolute Gasteiger partial charge is 0.459 e. The molecule has 1 fully saturated rings. The van der Waals surface area contributed by atoms with Gasteiger partial charge in [0.2, 0.25) is 5.95 Å². The van der Waals surface area contributed by atoms with Gasteiger partial charge in [0.25, 0.3) is 5.91 Å². The molecule has 0 bridgehead atoms. The predicted molar refractivity (Wildman–Crippen MR) is 105 cm³/mol. The van der Waals surface area contributed by atoms with Gasteiger partial charge >= 0.3 is 0 Å². The molecule has 2 aromatic heterocycles. The molecule has 29 heavy (non-hydrogen) atoms. The van der Waals surface area contributed by atoms with Crippen molar-refractivity contribution in [2.75, 3.05) is 42.9 Å². The number of hydrogen-bond acceptors (Lipinski definition) is 7. The van der Waals surface area contributed by atoms with Crippen molar-refractivity contribution in [2.24, 2.45) is 0 Å². The third-order valence-electron chi connectivity index (χ3n) is 4.80. The van der Waals surface area contributed by atoms with Crippen molar-refractivity contribution in [3.63, 3.8) is 0 Å². The van der Waals surface area contributed by atoms with Crippen molar-refractivity contribution in [3.8, 4) is 0 Å². The van der Waals surface area contributed by atoms with Gasteiger partial charge in [0.05, 0.1) is 12.5 Å². The van der Waals surface area contributed by atoms with Crippen molar-refractivity contribution in [3.05, 3.63) is 66.0 Å². The van der Waals surface area contributed by atoms with Gasteiger partial charge < -0.3 is 19.5 Å². The second-order valence-corrected chi connectivity index (χ2v) is 6.66. The Hall–Kier alpha value is -3.49. The summed E-state index contributed by atoms with van der Waals surface area (Å²) in [6.45, 7) is 2.91. The number of nitrogens with one attached hydrogen (secondary N) is 1. The molecule has 9 heteroatoms. The smallest absolute Gasteiger partial charge is 0.289 e. The first-order valence-corrected chi connectivity index (χ1v) is 9.45. The summed E-state index contributed by atoms with van der Waals surface area (Å²) in [5, 5.41) is 11.1. The molecule has 0 unspecified atom stereocenters. The van der Waals surface area contributed by atoms with Crippen LogP contribution in [-0.2, 0) is 6.42 Å². The third-order valence-corrected chi connectivity index (χ3v) is 4.80. The fourth-order valence-electron chi connectivity index (χ4n) is 3.23. The number of piperazine rings is 1. The standard InChI is InChI=1S/C20H21FN6O2/c21-16-5-2-1-4-15(16)7-8-22-20-24-18(14-23-25-20)26-9-11-27(12-10-26)19(28)17-6-3-13-29-17/h1-6,13-14H,7-12H2,(H,22,24,25). The van der Waals surface area contributed by atoms with Crippen LogP contribution in [0.5, 0.6) is 0 Å². The molecule has 1 amide bonds. The Labute approximate surface area is 167 Å². The zero-order chi connectivity index (χ0) is 20.1. The number of rotatable bonds is 6. The molecule has 1 aliphatic rings. The molecule has 0 spiro atoms. The van der Waals surface area contributed by atoms with Crippen LogP contribution in [-0.4, -0.2) is 58.7 Å². The lowest BCUT2D eigenvalue weighted by Gasteiger charge is -2.34. The molecule has 0 saturated carbocycles. The van der Waals surface area contributed by atoms with Gasteiger partial charge in [-0.05, 0) is 30.2 Å². The molecule has 1 aromatic carbocycles. The molecule has 8 nitrogen and oxygen atoms in total. The highest BCUT2D eigenvalue weighted by Crippen LogP contribution is 2.16. The van der Waals surface area contributed by atoms with E-state index in [1.807, 2.05) is 6.07 Å². The fraction of sp³-hybridized carbons (Fsp3) is 0.300. The van der Waals surface area contributed by atoms with Crippen LogP contribution in [0.3, 0.4) is 0 Å². The first-order valence-electron chi connectivity index (χ1n) is 9.45.